The molecule has 0 aliphatic carbocycles. The van der Waals surface area contributed by atoms with E-state index in [4.69, 9.17) is 9.47 Å². The summed E-state index contributed by atoms with van der Waals surface area (Å²) in [6, 6.07) is 0.492. The van der Waals surface area contributed by atoms with Crippen molar-refractivity contribution in [3.05, 3.63) is 0 Å². The number of guanidine groups is 1. The first-order valence-corrected chi connectivity index (χ1v) is 11.0. The monoisotopic (exact) mass is 510 g/mol. The van der Waals surface area contributed by atoms with E-state index in [0.717, 1.165) is 70.9 Å². The van der Waals surface area contributed by atoms with E-state index in [-0.39, 0.29) is 24.0 Å². The number of halogens is 1. The number of aliphatic imine (C=N–C) groups is 1. The predicted octanol–water partition coefficient (Wildman–Crippen LogP) is 3.11. The SMILES string of the molecule is CN=C(NCCCCCCC(C)C)NCC(C1CCOC1)N1CCOCC1.I. The van der Waals surface area contributed by atoms with E-state index in [2.05, 4.69) is 34.4 Å². The van der Waals surface area contributed by atoms with Gasteiger partial charge >= 0.3 is 0 Å². The molecule has 0 bridgehead atoms. The Morgan fingerprint density at radius 3 is 2.43 bits per heavy atom. The Morgan fingerprint density at radius 1 is 1.04 bits per heavy atom. The molecule has 2 rings (SSSR count). The van der Waals surface area contributed by atoms with E-state index in [1.807, 2.05) is 7.05 Å². The van der Waals surface area contributed by atoms with Crippen LogP contribution in [0.2, 0.25) is 0 Å². The molecule has 166 valence electrons. The van der Waals surface area contributed by atoms with Crippen molar-refractivity contribution < 1.29 is 9.47 Å². The summed E-state index contributed by atoms with van der Waals surface area (Å²) in [5, 5.41) is 7.04. The zero-order valence-corrected chi connectivity index (χ0v) is 20.6. The molecule has 0 aromatic heterocycles. The Kier molecular flexibility index (Phi) is 14.5. The van der Waals surface area contributed by atoms with Crippen LogP contribution >= 0.6 is 24.0 Å². The number of morpholine rings is 1. The van der Waals surface area contributed by atoms with Crippen LogP contribution in [-0.2, 0) is 9.47 Å². The van der Waals surface area contributed by atoms with Crippen LogP contribution in [0.1, 0.15) is 52.4 Å². The number of hydrogen-bond donors (Lipinski definition) is 2. The highest BCUT2D eigenvalue weighted by Gasteiger charge is 2.31. The molecule has 0 aromatic rings. The van der Waals surface area contributed by atoms with Crippen molar-refractivity contribution in [1.82, 2.24) is 15.5 Å². The Labute approximate surface area is 189 Å². The van der Waals surface area contributed by atoms with Crippen molar-refractivity contribution in [3.8, 4) is 0 Å². The predicted molar refractivity (Wildman–Crippen MR) is 128 cm³/mol. The largest absolute Gasteiger partial charge is 0.381 e. The van der Waals surface area contributed by atoms with Gasteiger partial charge in [-0.1, -0.05) is 39.5 Å². The maximum atomic E-state index is 5.66. The number of hydrogen-bond acceptors (Lipinski definition) is 4. The molecule has 2 N–H and O–H groups in total. The van der Waals surface area contributed by atoms with Gasteiger partial charge in [0.1, 0.15) is 0 Å². The van der Waals surface area contributed by atoms with Crippen molar-refractivity contribution in [2.24, 2.45) is 16.8 Å². The summed E-state index contributed by atoms with van der Waals surface area (Å²) >= 11 is 0. The van der Waals surface area contributed by atoms with E-state index < -0.39 is 0 Å². The maximum Gasteiger partial charge on any atom is 0.191 e. The highest BCUT2D eigenvalue weighted by molar-refractivity contribution is 14.0. The first-order chi connectivity index (χ1) is 13.2. The molecule has 2 aliphatic heterocycles. The topological polar surface area (TPSA) is 58.1 Å². The molecule has 2 aliphatic rings. The van der Waals surface area contributed by atoms with Crippen LogP contribution in [0.25, 0.3) is 0 Å². The van der Waals surface area contributed by atoms with Gasteiger partial charge in [-0.2, -0.15) is 0 Å². The molecule has 0 radical (unpaired) electrons. The Morgan fingerprint density at radius 2 is 1.79 bits per heavy atom. The van der Waals surface area contributed by atoms with Crippen molar-refractivity contribution in [3.63, 3.8) is 0 Å². The molecule has 0 aromatic carbocycles. The summed E-state index contributed by atoms with van der Waals surface area (Å²) in [5.41, 5.74) is 0. The third-order valence-corrected chi connectivity index (χ3v) is 5.73. The number of ether oxygens (including phenoxy) is 2. The van der Waals surface area contributed by atoms with E-state index >= 15 is 0 Å². The molecule has 0 spiro atoms. The second-order valence-electron chi connectivity index (χ2n) is 8.32. The van der Waals surface area contributed by atoms with Crippen molar-refractivity contribution in [2.45, 2.75) is 58.4 Å². The van der Waals surface area contributed by atoms with Crippen molar-refractivity contribution in [2.75, 3.05) is 59.7 Å². The molecule has 2 fully saturated rings. The minimum atomic E-state index is 0. The van der Waals surface area contributed by atoms with E-state index in [0.29, 0.717) is 12.0 Å². The standard InChI is InChI=1S/C21H42N4O2.HI/c1-18(2)8-6-4-5-7-10-23-21(22-3)24-16-20(19-9-13-27-17-19)25-11-14-26-15-12-25;/h18-20H,4-17H2,1-3H3,(H2,22,23,24);1H. The van der Waals surface area contributed by atoms with Gasteiger partial charge in [-0.15, -0.1) is 24.0 Å². The Balaban J connectivity index is 0.00000392. The molecule has 2 saturated heterocycles. The van der Waals surface area contributed by atoms with Crippen LogP contribution in [-0.4, -0.2) is 76.6 Å². The van der Waals surface area contributed by atoms with Gasteiger partial charge in [-0.25, -0.2) is 0 Å². The summed E-state index contributed by atoms with van der Waals surface area (Å²) < 4.78 is 11.2. The number of nitrogens with one attached hydrogen (secondary N) is 2. The van der Waals surface area contributed by atoms with Gasteiger partial charge in [-0.05, 0) is 18.8 Å². The number of unbranched alkanes of at least 4 members (excludes halogenated alkanes) is 3. The molecule has 0 saturated carbocycles. The van der Waals surface area contributed by atoms with Gasteiger partial charge in [0, 0.05) is 51.8 Å². The van der Waals surface area contributed by atoms with Gasteiger partial charge in [0.15, 0.2) is 5.96 Å². The lowest BCUT2D eigenvalue weighted by Gasteiger charge is -2.37. The summed E-state index contributed by atoms with van der Waals surface area (Å²) in [7, 11) is 1.86. The summed E-state index contributed by atoms with van der Waals surface area (Å²) in [6.07, 6.45) is 7.72. The second-order valence-corrected chi connectivity index (χ2v) is 8.32. The van der Waals surface area contributed by atoms with E-state index in [1.54, 1.807) is 0 Å². The van der Waals surface area contributed by atoms with Crippen molar-refractivity contribution >= 4 is 29.9 Å². The average molecular weight is 511 g/mol. The Hall–Kier alpha value is -0.120. The minimum Gasteiger partial charge on any atom is -0.381 e. The molecule has 6 nitrogen and oxygen atoms in total. The van der Waals surface area contributed by atoms with Gasteiger partial charge in [0.2, 0.25) is 0 Å². The fraction of sp³-hybridized carbons (Fsp3) is 0.952. The fourth-order valence-corrected chi connectivity index (χ4v) is 4.02. The third-order valence-electron chi connectivity index (χ3n) is 5.73. The normalized spacial score (nSPS) is 22.1. The summed E-state index contributed by atoms with van der Waals surface area (Å²) in [6.45, 7) is 12.0. The molecule has 2 heterocycles. The zero-order chi connectivity index (χ0) is 19.3. The molecular formula is C21H43IN4O2. The summed E-state index contributed by atoms with van der Waals surface area (Å²) in [4.78, 5) is 6.98. The van der Waals surface area contributed by atoms with Crippen LogP contribution in [0.15, 0.2) is 4.99 Å². The van der Waals surface area contributed by atoms with E-state index in [1.165, 1.54) is 32.1 Å². The number of rotatable bonds is 11. The third kappa shape index (κ3) is 10.1. The zero-order valence-electron chi connectivity index (χ0n) is 18.3. The minimum absolute atomic E-state index is 0. The molecular weight excluding hydrogens is 467 g/mol. The smallest absolute Gasteiger partial charge is 0.191 e. The average Bonchev–Trinajstić information content (AvgIpc) is 3.21. The highest BCUT2D eigenvalue weighted by atomic mass is 127. The van der Waals surface area contributed by atoms with Gasteiger partial charge < -0.3 is 20.1 Å². The molecule has 7 heteroatoms. The molecule has 0 amide bonds. The molecule has 28 heavy (non-hydrogen) atoms. The lowest BCUT2D eigenvalue weighted by atomic mass is 9.97. The Bertz CT molecular complexity index is 411. The number of nitrogens with zero attached hydrogens (tertiary/aromatic N) is 2. The first kappa shape index (κ1) is 25.9. The van der Waals surface area contributed by atoms with Crippen LogP contribution in [0.4, 0.5) is 0 Å². The lowest BCUT2D eigenvalue weighted by molar-refractivity contribution is 0.00247. The molecule has 2 atom stereocenters. The second kappa shape index (κ2) is 15.7. The van der Waals surface area contributed by atoms with Crippen molar-refractivity contribution in [1.29, 1.82) is 0 Å². The lowest BCUT2D eigenvalue weighted by Crippen LogP contribution is -2.53. The van der Waals surface area contributed by atoms with Gasteiger partial charge in [0.05, 0.1) is 19.8 Å². The van der Waals surface area contributed by atoms with E-state index in [9.17, 15) is 0 Å². The van der Waals surface area contributed by atoms with Crippen LogP contribution in [0.3, 0.4) is 0 Å². The van der Waals surface area contributed by atoms with Gasteiger partial charge in [-0.3, -0.25) is 9.89 Å². The molecule has 2 unspecified atom stereocenters. The quantitative estimate of drug-likeness (QED) is 0.194. The van der Waals surface area contributed by atoms with Crippen LogP contribution in [0.5, 0.6) is 0 Å². The van der Waals surface area contributed by atoms with Crippen LogP contribution in [0, 0.1) is 11.8 Å². The van der Waals surface area contributed by atoms with Gasteiger partial charge in [0.25, 0.3) is 0 Å². The summed E-state index contributed by atoms with van der Waals surface area (Å²) in [5.74, 6) is 2.36. The maximum absolute atomic E-state index is 5.66. The first-order valence-electron chi connectivity index (χ1n) is 11.0. The fourth-order valence-electron chi connectivity index (χ4n) is 4.02. The highest BCUT2D eigenvalue weighted by Crippen LogP contribution is 2.21. The van der Waals surface area contributed by atoms with Crippen LogP contribution < -0.4 is 10.6 Å².